The van der Waals surface area contributed by atoms with E-state index in [1.807, 2.05) is 0 Å². The summed E-state index contributed by atoms with van der Waals surface area (Å²) < 4.78 is 52.2. The molecule has 0 unspecified atom stereocenters. The lowest BCUT2D eigenvalue weighted by Gasteiger charge is -2.07. The van der Waals surface area contributed by atoms with Gasteiger partial charge >= 0.3 is 12.1 Å². The van der Waals surface area contributed by atoms with Crippen molar-refractivity contribution in [3.05, 3.63) is 54.0 Å². The van der Waals surface area contributed by atoms with Gasteiger partial charge in [-0.15, -0.1) is 0 Å². The minimum Gasteiger partial charge on any atom is -0.487 e. The zero-order valence-corrected chi connectivity index (χ0v) is 12.9. The van der Waals surface area contributed by atoms with E-state index in [4.69, 9.17) is 9.47 Å². The summed E-state index contributed by atoms with van der Waals surface area (Å²) in [6.07, 6.45) is -4.67. The zero-order valence-electron chi connectivity index (χ0n) is 12.9. The molecule has 6 nitrogen and oxygen atoms in total. The van der Waals surface area contributed by atoms with Gasteiger partial charge in [0, 0.05) is 11.6 Å². The van der Waals surface area contributed by atoms with Crippen LogP contribution in [0.5, 0.6) is 11.6 Å². The second-order valence-corrected chi connectivity index (χ2v) is 4.91. The number of alkyl halides is 3. The van der Waals surface area contributed by atoms with Crippen LogP contribution in [0, 0.1) is 0 Å². The molecule has 0 aliphatic rings. The van der Waals surface area contributed by atoms with E-state index in [9.17, 15) is 13.2 Å². The molecule has 2 aromatic heterocycles. The Morgan fingerprint density at radius 2 is 1.80 bits per heavy atom. The molecule has 0 bridgehead atoms. The monoisotopic (exact) mass is 351 g/mol. The van der Waals surface area contributed by atoms with Gasteiger partial charge in [0.2, 0.25) is 11.7 Å². The van der Waals surface area contributed by atoms with E-state index in [0.29, 0.717) is 22.9 Å². The molecule has 2 heterocycles. The van der Waals surface area contributed by atoms with Crippen LogP contribution in [-0.4, -0.2) is 22.2 Å². The summed E-state index contributed by atoms with van der Waals surface area (Å²) in [5.74, 6) is -0.526. The third-order valence-electron chi connectivity index (χ3n) is 3.16. The van der Waals surface area contributed by atoms with E-state index in [2.05, 4.69) is 19.6 Å². The summed E-state index contributed by atoms with van der Waals surface area (Å²) in [4.78, 5) is 7.54. The molecule has 3 aromatic rings. The van der Waals surface area contributed by atoms with Crippen LogP contribution in [0.15, 0.2) is 47.0 Å². The van der Waals surface area contributed by atoms with Crippen LogP contribution in [0.3, 0.4) is 0 Å². The third kappa shape index (κ3) is 4.06. The predicted octanol–water partition coefficient (Wildman–Crippen LogP) is 3.74. The Morgan fingerprint density at radius 3 is 2.44 bits per heavy atom. The van der Waals surface area contributed by atoms with E-state index < -0.39 is 12.1 Å². The number of halogens is 3. The van der Waals surface area contributed by atoms with Crippen molar-refractivity contribution in [1.29, 1.82) is 0 Å². The molecule has 0 saturated heterocycles. The Morgan fingerprint density at radius 1 is 1.04 bits per heavy atom. The van der Waals surface area contributed by atoms with Gasteiger partial charge in [-0.1, -0.05) is 11.2 Å². The second-order valence-electron chi connectivity index (χ2n) is 4.91. The number of hydrogen-bond acceptors (Lipinski definition) is 6. The summed E-state index contributed by atoms with van der Waals surface area (Å²) in [5.41, 5.74) is 1.06. The number of nitrogens with zero attached hydrogens (tertiary/aromatic N) is 3. The second kappa shape index (κ2) is 6.80. The topological polar surface area (TPSA) is 70.3 Å². The van der Waals surface area contributed by atoms with Crippen molar-refractivity contribution in [2.45, 2.75) is 12.8 Å². The molecule has 3 rings (SSSR count). The van der Waals surface area contributed by atoms with E-state index in [1.165, 1.54) is 7.11 Å². The lowest BCUT2D eigenvalue weighted by Crippen LogP contribution is -2.04. The molecular weight excluding hydrogens is 339 g/mol. The molecule has 9 heteroatoms. The summed E-state index contributed by atoms with van der Waals surface area (Å²) in [5, 5.41) is 3.32. The first-order valence-corrected chi connectivity index (χ1v) is 7.10. The van der Waals surface area contributed by atoms with Crippen molar-refractivity contribution in [2.24, 2.45) is 0 Å². The average Bonchev–Trinajstić information content (AvgIpc) is 3.11. The fourth-order valence-corrected chi connectivity index (χ4v) is 1.97. The molecule has 0 amide bonds. The lowest BCUT2D eigenvalue weighted by molar-refractivity contribution is -0.159. The summed E-state index contributed by atoms with van der Waals surface area (Å²) in [6.45, 7) is 0.219. The molecule has 0 N–H and O–H groups in total. The first kappa shape index (κ1) is 16.7. The van der Waals surface area contributed by atoms with Crippen LogP contribution in [0.2, 0.25) is 0 Å². The highest BCUT2D eigenvalue weighted by molar-refractivity contribution is 5.55. The van der Waals surface area contributed by atoms with Gasteiger partial charge in [-0.05, 0) is 30.3 Å². The van der Waals surface area contributed by atoms with Crippen LogP contribution in [0.4, 0.5) is 13.2 Å². The fraction of sp³-hybridized carbons (Fsp3) is 0.188. The van der Waals surface area contributed by atoms with Gasteiger partial charge in [-0.2, -0.15) is 18.2 Å². The van der Waals surface area contributed by atoms with E-state index in [1.54, 1.807) is 42.5 Å². The van der Waals surface area contributed by atoms with Crippen molar-refractivity contribution in [2.75, 3.05) is 7.11 Å². The minimum atomic E-state index is -4.67. The number of hydrogen-bond donors (Lipinski definition) is 0. The molecular formula is C16H12F3N3O3. The Kier molecular flexibility index (Phi) is 4.55. The van der Waals surface area contributed by atoms with Crippen molar-refractivity contribution in [3.8, 4) is 23.0 Å². The van der Waals surface area contributed by atoms with Crippen LogP contribution in [0.1, 0.15) is 11.6 Å². The first-order valence-electron chi connectivity index (χ1n) is 7.10. The van der Waals surface area contributed by atoms with Crippen molar-refractivity contribution < 1.29 is 27.2 Å². The molecule has 0 atom stereocenters. The molecule has 0 fully saturated rings. The van der Waals surface area contributed by atoms with Gasteiger partial charge in [0.25, 0.3) is 0 Å². The molecule has 0 spiro atoms. The average molecular weight is 351 g/mol. The van der Waals surface area contributed by atoms with Crippen LogP contribution < -0.4 is 9.47 Å². The van der Waals surface area contributed by atoms with Crippen molar-refractivity contribution >= 4 is 0 Å². The Hall–Kier alpha value is -3.10. The summed E-state index contributed by atoms with van der Waals surface area (Å²) >= 11 is 0. The highest BCUT2D eigenvalue weighted by Gasteiger charge is 2.38. The van der Waals surface area contributed by atoms with Gasteiger partial charge in [0.05, 0.1) is 12.8 Å². The van der Waals surface area contributed by atoms with Crippen LogP contribution in [0.25, 0.3) is 11.4 Å². The molecule has 130 valence electrons. The number of methoxy groups -OCH3 is 1. The predicted molar refractivity (Wildman–Crippen MR) is 79.9 cm³/mol. The standard InChI is InChI=1S/C16H12F3N3O3/c1-23-13-4-2-3-11(20-13)9-24-12-7-5-10(6-8-12)14-21-15(25-22-14)16(17,18)19/h2-8H,9H2,1H3. The fourth-order valence-electron chi connectivity index (χ4n) is 1.97. The highest BCUT2D eigenvalue weighted by atomic mass is 19.4. The SMILES string of the molecule is COc1cccc(COc2ccc(-c3noc(C(F)(F)F)n3)cc2)n1. The Bertz CT molecular complexity index is 848. The highest BCUT2D eigenvalue weighted by Crippen LogP contribution is 2.29. The van der Waals surface area contributed by atoms with E-state index in [0.717, 1.165) is 0 Å². The quantitative estimate of drug-likeness (QED) is 0.697. The Balaban J connectivity index is 1.67. The van der Waals surface area contributed by atoms with Gasteiger partial charge in [-0.3, -0.25) is 0 Å². The number of ether oxygens (including phenoxy) is 2. The first-order chi connectivity index (χ1) is 12.0. The molecule has 0 aliphatic carbocycles. The summed E-state index contributed by atoms with van der Waals surface area (Å²) in [7, 11) is 1.52. The maximum Gasteiger partial charge on any atom is 0.471 e. The third-order valence-corrected chi connectivity index (χ3v) is 3.16. The van der Waals surface area contributed by atoms with Crippen molar-refractivity contribution in [3.63, 3.8) is 0 Å². The van der Waals surface area contributed by atoms with Crippen LogP contribution >= 0.6 is 0 Å². The summed E-state index contributed by atoms with van der Waals surface area (Å²) in [6, 6.07) is 11.6. The van der Waals surface area contributed by atoms with Gasteiger partial charge in [0.15, 0.2) is 0 Å². The van der Waals surface area contributed by atoms with E-state index >= 15 is 0 Å². The normalized spacial score (nSPS) is 11.4. The maximum atomic E-state index is 12.5. The molecule has 0 radical (unpaired) electrons. The van der Waals surface area contributed by atoms with Gasteiger partial charge < -0.3 is 14.0 Å². The molecule has 25 heavy (non-hydrogen) atoms. The number of pyridine rings is 1. The Labute approximate surface area is 140 Å². The number of aromatic nitrogens is 3. The van der Waals surface area contributed by atoms with Crippen molar-refractivity contribution in [1.82, 2.24) is 15.1 Å². The number of benzene rings is 1. The molecule has 0 aliphatic heterocycles. The van der Waals surface area contributed by atoms with Crippen LogP contribution in [-0.2, 0) is 12.8 Å². The largest absolute Gasteiger partial charge is 0.487 e. The molecule has 0 saturated carbocycles. The molecule has 1 aromatic carbocycles. The number of rotatable bonds is 5. The maximum absolute atomic E-state index is 12.5. The van der Waals surface area contributed by atoms with Gasteiger partial charge in [0.1, 0.15) is 12.4 Å². The lowest BCUT2D eigenvalue weighted by atomic mass is 10.2. The smallest absolute Gasteiger partial charge is 0.471 e. The minimum absolute atomic E-state index is 0.145. The van der Waals surface area contributed by atoms with E-state index in [-0.39, 0.29) is 12.4 Å². The van der Waals surface area contributed by atoms with Gasteiger partial charge in [-0.25, -0.2) is 4.98 Å². The zero-order chi connectivity index (χ0) is 17.9.